The van der Waals surface area contributed by atoms with Crippen LogP contribution in [-0.4, -0.2) is 22.4 Å². The van der Waals surface area contributed by atoms with Gasteiger partial charge in [0, 0.05) is 0 Å². The predicted octanol–water partition coefficient (Wildman–Crippen LogP) is -1.90. The number of alkyl halides is 1. The molecule has 1 aromatic rings. The topological polar surface area (TPSA) is 33.2 Å². The van der Waals surface area contributed by atoms with Crippen molar-refractivity contribution < 1.29 is 26.0 Å². The van der Waals surface area contributed by atoms with Gasteiger partial charge in [-0.05, 0) is 0 Å². The van der Waals surface area contributed by atoms with E-state index in [9.17, 15) is 4.79 Å². The zero-order valence-corrected chi connectivity index (χ0v) is 10.2. The van der Waals surface area contributed by atoms with Crippen LogP contribution in [0.2, 0.25) is 0 Å². The van der Waals surface area contributed by atoms with E-state index in [0.29, 0.717) is 6.42 Å². The first kappa shape index (κ1) is 9.89. The van der Waals surface area contributed by atoms with Gasteiger partial charge in [0.1, 0.15) is 0 Å². The fourth-order valence-corrected chi connectivity index (χ4v) is 2.60. The van der Waals surface area contributed by atoms with Crippen molar-refractivity contribution in [2.45, 2.75) is 12.8 Å². The summed E-state index contributed by atoms with van der Waals surface area (Å²) in [5.41, 5.74) is 0. The zero-order valence-electron chi connectivity index (χ0n) is 8.03. The standard InChI is InChI=1S/C10H12IN2O/c1-11-8-4-2-5-9(12-8)13-7-3-6-10(13)14/h2,4-5H,3,6-7H2,1H3/q-1. The van der Waals surface area contributed by atoms with Crippen molar-refractivity contribution in [1.29, 1.82) is 0 Å². The van der Waals surface area contributed by atoms with Gasteiger partial charge in [0.05, 0.1) is 0 Å². The Morgan fingerprint density at radius 3 is 3.00 bits per heavy atom. The van der Waals surface area contributed by atoms with Crippen LogP contribution in [0, 0.1) is 3.70 Å². The fourth-order valence-electron chi connectivity index (χ4n) is 1.54. The second kappa shape index (κ2) is 4.25. The van der Waals surface area contributed by atoms with Crippen LogP contribution in [0.1, 0.15) is 12.8 Å². The Bertz CT molecular complexity index is 354. The van der Waals surface area contributed by atoms with Crippen molar-refractivity contribution in [2.24, 2.45) is 0 Å². The molecule has 14 heavy (non-hydrogen) atoms. The van der Waals surface area contributed by atoms with Gasteiger partial charge in [0.25, 0.3) is 0 Å². The summed E-state index contributed by atoms with van der Waals surface area (Å²) in [6.07, 6.45) is 1.64. The van der Waals surface area contributed by atoms with Crippen LogP contribution in [0.3, 0.4) is 0 Å². The molecule has 1 aromatic heterocycles. The van der Waals surface area contributed by atoms with Crippen LogP contribution in [0.25, 0.3) is 0 Å². The molecule has 0 saturated carbocycles. The third-order valence-corrected chi connectivity index (χ3v) is 3.95. The van der Waals surface area contributed by atoms with Gasteiger partial charge in [-0.25, -0.2) is 0 Å². The van der Waals surface area contributed by atoms with Gasteiger partial charge in [-0.2, -0.15) is 0 Å². The Kier molecular flexibility index (Phi) is 3.00. The number of carbonyl (C=O) groups excluding carboxylic acids is 1. The van der Waals surface area contributed by atoms with Crippen LogP contribution in [0.15, 0.2) is 18.2 Å². The molecule has 0 N–H and O–H groups in total. The first-order valence-electron chi connectivity index (χ1n) is 4.58. The van der Waals surface area contributed by atoms with E-state index in [0.717, 1.165) is 22.5 Å². The molecular formula is C10H12IN2O-. The molecule has 0 atom stereocenters. The van der Waals surface area contributed by atoms with Gasteiger partial charge in [0.15, 0.2) is 0 Å². The Labute approximate surface area is 93.8 Å². The zero-order chi connectivity index (χ0) is 9.97. The van der Waals surface area contributed by atoms with Crippen LogP contribution in [0.5, 0.6) is 0 Å². The van der Waals surface area contributed by atoms with Gasteiger partial charge in [0.2, 0.25) is 0 Å². The van der Waals surface area contributed by atoms with Gasteiger partial charge >= 0.3 is 93.8 Å². The van der Waals surface area contributed by atoms with E-state index in [1.165, 1.54) is 0 Å². The summed E-state index contributed by atoms with van der Waals surface area (Å²) in [6, 6.07) is 5.95. The quantitative estimate of drug-likeness (QED) is 0.363. The normalized spacial score (nSPS) is 16.6. The molecule has 0 spiro atoms. The number of nitrogens with zero attached hydrogens (tertiary/aromatic N) is 2. The summed E-state index contributed by atoms with van der Waals surface area (Å²) in [5, 5.41) is 0. The van der Waals surface area contributed by atoms with Gasteiger partial charge in [-0.1, -0.05) is 0 Å². The summed E-state index contributed by atoms with van der Waals surface area (Å²) >= 11 is 0.0132. The van der Waals surface area contributed by atoms with Crippen LogP contribution >= 0.6 is 0 Å². The number of hydrogen-bond donors (Lipinski definition) is 0. The predicted molar refractivity (Wildman–Crippen MR) is 50.4 cm³/mol. The monoisotopic (exact) mass is 303 g/mol. The van der Waals surface area contributed by atoms with Gasteiger partial charge < -0.3 is 0 Å². The van der Waals surface area contributed by atoms with Crippen molar-refractivity contribution in [3.8, 4) is 0 Å². The van der Waals surface area contributed by atoms with Crippen molar-refractivity contribution >= 4 is 11.7 Å². The number of anilines is 1. The van der Waals surface area contributed by atoms with Crippen molar-refractivity contribution in [3.63, 3.8) is 0 Å². The van der Waals surface area contributed by atoms with E-state index in [-0.39, 0.29) is 27.1 Å². The van der Waals surface area contributed by atoms with E-state index >= 15 is 0 Å². The van der Waals surface area contributed by atoms with Crippen molar-refractivity contribution in [1.82, 2.24) is 4.98 Å². The second-order valence-corrected chi connectivity index (χ2v) is 5.34. The summed E-state index contributed by atoms with van der Waals surface area (Å²) in [7, 11) is 0. The first-order valence-corrected chi connectivity index (χ1v) is 7.82. The third-order valence-electron chi connectivity index (χ3n) is 2.24. The Hall–Kier alpha value is -0.650. The number of halogens is 1. The molecule has 1 amide bonds. The number of amides is 1. The van der Waals surface area contributed by atoms with E-state index < -0.39 is 0 Å². The number of rotatable bonds is 2. The molecule has 0 aromatic carbocycles. The summed E-state index contributed by atoms with van der Waals surface area (Å²) in [4.78, 5) is 19.9. The molecule has 76 valence electrons. The maximum absolute atomic E-state index is 11.5. The molecule has 0 bridgehead atoms. The second-order valence-electron chi connectivity index (χ2n) is 3.16. The molecule has 1 aliphatic rings. The van der Waals surface area contributed by atoms with E-state index in [1.807, 2.05) is 18.2 Å². The molecule has 3 nitrogen and oxygen atoms in total. The maximum atomic E-state index is 11.5. The number of aromatic nitrogens is 1. The Morgan fingerprint density at radius 1 is 1.50 bits per heavy atom. The number of pyridine rings is 1. The van der Waals surface area contributed by atoms with Crippen LogP contribution < -0.4 is 26.1 Å². The Morgan fingerprint density at radius 2 is 2.36 bits per heavy atom. The van der Waals surface area contributed by atoms with Crippen molar-refractivity contribution in [3.05, 3.63) is 21.9 Å². The average molecular weight is 303 g/mol. The fraction of sp³-hybridized carbons (Fsp3) is 0.400. The van der Waals surface area contributed by atoms with Gasteiger partial charge in [-0.15, -0.1) is 0 Å². The molecule has 2 heterocycles. The Balaban J connectivity index is 2.26. The summed E-state index contributed by atoms with van der Waals surface area (Å²) in [6.45, 7) is 0.831. The number of hydrogen-bond acceptors (Lipinski definition) is 2. The molecular weight excluding hydrogens is 291 g/mol. The van der Waals surface area contributed by atoms with Crippen LogP contribution in [0.4, 0.5) is 5.82 Å². The molecule has 2 rings (SSSR count). The molecule has 0 aliphatic carbocycles. The van der Waals surface area contributed by atoms with E-state index in [4.69, 9.17) is 0 Å². The number of carbonyl (C=O) groups is 1. The van der Waals surface area contributed by atoms with Gasteiger partial charge in [-0.3, -0.25) is 0 Å². The minimum atomic E-state index is 0.0132. The molecule has 1 fully saturated rings. The minimum absolute atomic E-state index is 0.0132. The SMILES string of the molecule is C[I-]c1cccc(N2CCCC2=O)n1. The molecule has 4 heteroatoms. The third kappa shape index (κ3) is 1.89. The van der Waals surface area contributed by atoms with Crippen LogP contribution in [-0.2, 0) is 4.79 Å². The molecule has 0 radical (unpaired) electrons. The summed E-state index contributed by atoms with van der Waals surface area (Å²) < 4.78 is 1.15. The molecule has 1 aliphatic heterocycles. The van der Waals surface area contributed by atoms with Crippen molar-refractivity contribution in [2.75, 3.05) is 16.4 Å². The van der Waals surface area contributed by atoms with E-state index in [2.05, 4.69) is 9.91 Å². The first-order chi connectivity index (χ1) is 6.81. The van der Waals surface area contributed by atoms with E-state index in [1.54, 1.807) is 4.90 Å². The molecule has 1 saturated heterocycles. The summed E-state index contributed by atoms with van der Waals surface area (Å²) in [5.74, 6) is 1.05. The molecule has 0 unspecified atom stereocenters. The average Bonchev–Trinajstić information content (AvgIpc) is 2.65.